The zero-order valence-electron chi connectivity index (χ0n) is 9.24. The average Bonchev–Trinajstić information content (AvgIpc) is 2.10. The van der Waals surface area contributed by atoms with E-state index in [1.165, 1.54) is 0 Å². The van der Waals surface area contributed by atoms with Crippen LogP contribution in [0.15, 0.2) is 0 Å². The van der Waals surface area contributed by atoms with Crippen molar-refractivity contribution in [2.24, 2.45) is 5.73 Å². The number of nitrogens with one attached hydrogen (secondary N) is 1. The lowest BCUT2D eigenvalue weighted by Gasteiger charge is -2.14. The van der Waals surface area contributed by atoms with Crippen LogP contribution in [-0.2, 0) is 0 Å². The van der Waals surface area contributed by atoms with Crippen LogP contribution in [0.4, 0.5) is 13.2 Å². The SMILES string of the molecule is CC(CCCC(F)(F)F)NCCCCN. The molecule has 0 aromatic heterocycles. The zero-order valence-corrected chi connectivity index (χ0v) is 9.24. The fourth-order valence-corrected chi connectivity index (χ4v) is 1.33. The topological polar surface area (TPSA) is 38.0 Å². The number of rotatable bonds is 8. The van der Waals surface area contributed by atoms with Gasteiger partial charge in [0.2, 0.25) is 0 Å². The summed E-state index contributed by atoms with van der Waals surface area (Å²) in [6, 6.07) is 0.158. The van der Waals surface area contributed by atoms with Gasteiger partial charge in [0.05, 0.1) is 0 Å². The molecule has 0 amide bonds. The summed E-state index contributed by atoms with van der Waals surface area (Å²) in [5.41, 5.74) is 5.32. The van der Waals surface area contributed by atoms with Crippen molar-refractivity contribution in [2.75, 3.05) is 13.1 Å². The van der Waals surface area contributed by atoms with E-state index in [-0.39, 0.29) is 12.5 Å². The van der Waals surface area contributed by atoms with Crippen molar-refractivity contribution >= 4 is 0 Å². The van der Waals surface area contributed by atoms with Gasteiger partial charge in [0.15, 0.2) is 0 Å². The molecule has 92 valence electrons. The maximum Gasteiger partial charge on any atom is 0.389 e. The summed E-state index contributed by atoms with van der Waals surface area (Å²) >= 11 is 0. The van der Waals surface area contributed by atoms with Crippen LogP contribution >= 0.6 is 0 Å². The second-order valence-electron chi connectivity index (χ2n) is 3.86. The summed E-state index contributed by atoms with van der Waals surface area (Å²) in [7, 11) is 0. The van der Waals surface area contributed by atoms with E-state index >= 15 is 0 Å². The van der Waals surface area contributed by atoms with E-state index in [4.69, 9.17) is 5.73 Å². The van der Waals surface area contributed by atoms with Crippen LogP contribution < -0.4 is 11.1 Å². The number of nitrogens with two attached hydrogens (primary N) is 1. The van der Waals surface area contributed by atoms with E-state index in [0.29, 0.717) is 13.0 Å². The maximum absolute atomic E-state index is 11.8. The van der Waals surface area contributed by atoms with Crippen molar-refractivity contribution in [2.45, 2.75) is 51.2 Å². The highest BCUT2D eigenvalue weighted by Gasteiger charge is 2.26. The average molecular weight is 226 g/mol. The largest absolute Gasteiger partial charge is 0.389 e. The lowest BCUT2D eigenvalue weighted by molar-refractivity contribution is -0.135. The lowest BCUT2D eigenvalue weighted by atomic mass is 10.1. The summed E-state index contributed by atoms with van der Waals surface area (Å²) in [6.45, 7) is 3.42. The van der Waals surface area contributed by atoms with Crippen molar-refractivity contribution in [1.29, 1.82) is 0 Å². The second kappa shape index (κ2) is 7.93. The molecule has 0 bridgehead atoms. The van der Waals surface area contributed by atoms with Gasteiger partial charge in [-0.05, 0) is 45.7 Å². The summed E-state index contributed by atoms with van der Waals surface area (Å²) in [6.07, 6.45) is -1.97. The first-order valence-corrected chi connectivity index (χ1v) is 5.46. The Morgan fingerprint density at radius 3 is 2.40 bits per heavy atom. The van der Waals surface area contributed by atoms with Crippen molar-refractivity contribution < 1.29 is 13.2 Å². The molecule has 0 saturated heterocycles. The highest BCUT2D eigenvalue weighted by Crippen LogP contribution is 2.22. The quantitative estimate of drug-likeness (QED) is 0.624. The van der Waals surface area contributed by atoms with Crippen molar-refractivity contribution in [1.82, 2.24) is 5.32 Å². The Hall–Kier alpha value is -0.290. The Morgan fingerprint density at radius 2 is 1.87 bits per heavy atom. The molecule has 0 aromatic rings. The van der Waals surface area contributed by atoms with E-state index in [0.717, 1.165) is 19.4 Å². The lowest BCUT2D eigenvalue weighted by Crippen LogP contribution is -2.27. The number of halogens is 3. The minimum absolute atomic E-state index is 0.158. The summed E-state index contributed by atoms with van der Waals surface area (Å²) in [4.78, 5) is 0. The Balaban J connectivity index is 3.29. The van der Waals surface area contributed by atoms with E-state index in [9.17, 15) is 13.2 Å². The monoisotopic (exact) mass is 226 g/mol. The van der Waals surface area contributed by atoms with Gasteiger partial charge >= 0.3 is 6.18 Å². The first-order chi connectivity index (χ1) is 6.95. The van der Waals surface area contributed by atoms with Crippen LogP contribution in [0, 0.1) is 0 Å². The van der Waals surface area contributed by atoms with Gasteiger partial charge in [-0.15, -0.1) is 0 Å². The third-order valence-electron chi connectivity index (χ3n) is 2.22. The molecule has 0 saturated carbocycles. The van der Waals surface area contributed by atoms with Gasteiger partial charge in [-0.1, -0.05) is 0 Å². The van der Waals surface area contributed by atoms with Crippen LogP contribution in [-0.4, -0.2) is 25.3 Å². The Morgan fingerprint density at radius 1 is 1.20 bits per heavy atom. The molecule has 1 unspecified atom stereocenters. The molecule has 3 N–H and O–H groups in total. The van der Waals surface area contributed by atoms with Gasteiger partial charge in [-0.3, -0.25) is 0 Å². The number of hydrogen-bond donors (Lipinski definition) is 2. The van der Waals surface area contributed by atoms with Crippen LogP contribution in [0.2, 0.25) is 0 Å². The predicted octanol–water partition coefficient (Wildman–Crippen LogP) is 2.44. The molecule has 0 aliphatic carbocycles. The van der Waals surface area contributed by atoms with Crippen molar-refractivity contribution in [3.05, 3.63) is 0 Å². The minimum atomic E-state index is -4.01. The molecular formula is C10H21F3N2. The zero-order chi connectivity index (χ0) is 11.7. The van der Waals surface area contributed by atoms with Crippen LogP contribution in [0.1, 0.15) is 39.0 Å². The van der Waals surface area contributed by atoms with Gasteiger partial charge in [0, 0.05) is 12.5 Å². The number of unbranched alkanes of at least 4 members (excludes halogenated alkanes) is 1. The first kappa shape index (κ1) is 14.7. The molecule has 0 rings (SSSR count). The van der Waals surface area contributed by atoms with Gasteiger partial charge < -0.3 is 11.1 Å². The fourth-order valence-electron chi connectivity index (χ4n) is 1.33. The second-order valence-corrected chi connectivity index (χ2v) is 3.86. The minimum Gasteiger partial charge on any atom is -0.330 e. The van der Waals surface area contributed by atoms with Gasteiger partial charge in [0.1, 0.15) is 0 Å². The van der Waals surface area contributed by atoms with E-state index < -0.39 is 12.6 Å². The first-order valence-electron chi connectivity index (χ1n) is 5.46. The molecule has 15 heavy (non-hydrogen) atoms. The van der Waals surface area contributed by atoms with Crippen molar-refractivity contribution in [3.8, 4) is 0 Å². The molecule has 0 aliphatic rings. The molecule has 0 spiro atoms. The third-order valence-corrected chi connectivity index (χ3v) is 2.22. The molecule has 0 heterocycles. The summed E-state index contributed by atoms with van der Waals surface area (Å²) in [5.74, 6) is 0. The summed E-state index contributed by atoms with van der Waals surface area (Å²) < 4.78 is 35.5. The molecule has 5 heteroatoms. The Labute approximate surface area is 89.4 Å². The van der Waals surface area contributed by atoms with Gasteiger partial charge in [-0.25, -0.2) is 0 Å². The Kier molecular flexibility index (Phi) is 7.78. The molecule has 1 atom stereocenters. The molecule has 0 aliphatic heterocycles. The Bertz CT molecular complexity index is 148. The van der Waals surface area contributed by atoms with Crippen LogP contribution in [0.3, 0.4) is 0 Å². The maximum atomic E-state index is 11.8. The molecule has 0 fully saturated rings. The fraction of sp³-hybridized carbons (Fsp3) is 1.00. The highest BCUT2D eigenvalue weighted by atomic mass is 19.4. The van der Waals surface area contributed by atoms with Gasteiger partial charge in [-0.2, -0.15) is 13.2 Å². The van der Waals surface area contributed by atoms with Crippen LogP contribution in [0.5, 0.6) is 0 Å². The summed E-state index contributed by atoms with van der Waals surface area (Å²) in [5, 5.41) is 3.18. The number of hydrogen-bond acceptors (Lipinski definition) is 2. The standard InChI is InChI=1S/C10H21F3N2/c1-9(15-8-3-2-7-14)5-4-6-10(11,12)13/h9,15H,2-8,14H2,1H3. The molecule has 2 nitrogen and oxygen atoms in total. The number of alkyl halides is 3. The molecular weight excluding hydrogens is 205 g/mol. The van der Waals surface area contributed by atoms with Gasteiger partial charge in [0.25, 0.3) is 0 Å². The van der Waals surface area contributed by atoms with E-state index in [1.807, 2.05) is 6.92 Å². The predicted molar refractivity (Wildman–Crippen MR) is 55.7 cm³/mol. The van der Waals surface area contributed by atoms with E-state index in [2.05, 4.69) is 5.32 Å². The normalized spacial score (nSPS) is 14.2. The van der Waals surface area contributed by atoms with Crippen molar-refractivity contribution in [3.63, 3.8) is 0 Å². The highest BCUT2D eigenvalue weighted by molar-refractivity contribution is 4.62. The smallest absolute Gasteiger partial charge is 0.330 e. The molecule has 0 radical (unpaired) electrons. The third kappa shape index (κ3) is 11.6. The molecule has 0 aromatic carbocycles. The van der Waals surface area contributed by atoms with E-state index in [1.54, 1.807) is 0 Å². The van der Waals surface area contributed by atoms with Crippen LogP contribution in [0.25, 0.3) is 0 Å².